The van der Waals surface area contributed by atoms with Gasteiger partial charge in [0.05, 0.1) is 6.04 Å². The maximum absolute atomic E-state index is 11.8. The van der Waals surface area contributed by atoms with Crippen molar-refractivity contribution >= 4 is 11.9 Å². The molecule has 5 nitrogen and oxygen atoms in total. The molecule has 1 amide bonds. The number of nitrogens with two attached hydrogens (primary N) is 1. The zero-order valence-corrected chi connectivity index (χ0v) is 11.2. The van der Waals surface area contributed by atoms with Crippen LogP contribution in [0.3, 0.4) is 0 Å². The fraction of sp³-hybridized carbons (Fsp3) is 0.846. The van der Waals surface area contributed by atoms with Crippen LogP contribution in [-0.4, -0.2) is 29.1 Å². The van der Waals surface area contributed by atoms with Gasteiger partial charge in [0.2, 0.25) is 5.91 Å². The molecule has 0 radical (unpaired) electrons. The number of hydrogen-bond donors (Lipinski definition) is 3. The van der Waals surface area contributed by atoms with Crippen LogP contribution in [0.2, 0.25) is 0 Å². The third kappa shape index (κ3) is 3.98. The van der Waals surface area contributed by atoms with E-state index in [1.165, 1.54) is 0 Å². The Morgan fingerprint density at radius 3 is 2.22 bits per heavy atom. The Morgan fingerprint density at radius 2 is 1.78 bits per heavy atom. The first-order valence-corrected chi connectivity index (χ1v) is 6.72. The summed E-state index contributed by atoms with van der Waals surface area (Å²) in [4.78, 5) is 23.1. The van der Waals surface area contributed by atoms with E-state index < -0.39 is 18.1 Å². The van der Waals surface area contributed by atoms with Crippen molar-refractivity contribution in [2.24, 2.45) is 17.6 Å². The number of carboxylic acid groups (broad SMARTS) is 1. The molecule has 1 aliphatic rings. The molecule has 0 aromatic carbocycles. The lowest BCUT2D eigenvalue weighted by atomic mass is 9.83. The second kappa shape index (κ2) is 6.73. The Morgan fingerprint density at radius 1 is 1.22 bits per heavy atom. The standard InChI is InChI=1S/C13H24N2O3/c1-8(2)10(14)12(16)15-11(13(17)18)9-6-4-3-5-7-9/h8-11H,3-7,14H2,1-2H3,(H,15,16)(H,17,18)/t10-,11?/m0/s1. The topological polar surface area (TPSA) is 92.4 Å². The molecule has 1 rings (SSSR count). The van der Waals surface area contributed by atoms with Crippen molar-refractivity contribution in [1.29, 1.82) is 0 Å². The monoisotopic (exact) mass is 256 g/mol. The molecule has 0 bridgehead atoms. The fourth-order valence-corrected chi connectivity index (χ4v) is 2.40. The number of nitrogens with one attached hydrogen (secondary N) is 1. The first kappa shape index (κ1) is 15.0. The average molecular weight is 256 g/mol. The highest BCUT2D eigenvalue weighted by atomic mass is 16.4. The Balaban J connectivity index is 2.62. The van der Waals surface area contributed by atoms with Gasteiger partial charge in [-0.05, 0) is 24.7 Å². The molecule has 0 heterocycles. The van der Waals surface area contributed by atoms with Crippen molar-refractivity contribution in [2.45, 2.75) is 58.0 Å². The molecular weight excluding hydrogens is 232 g/mol. The maximum atomic E-state index is 11.8. The largest absolute Gasteiger partial charge is 0.480 e. The molecule has 0 aromatic rings. The average Bonchev–Trinajstić information content (AvgIpc) is 2.35. The van der Waals surface area contributed by atoms with Crippen LogP contribution in [0.15, 0.2) is 0 Å². The van der Waals surface area contributed by atoms with Crippen LogP contribution in [0.5, 0.6) is 0 Å². The van der Waals surface area contributed by atoms with E-state index in [0.717, 1.165) is 32.1 Å². The first-order valence-electron chi connectivity index (χ1n) is 6.72. The minimum Gasteiger partial charge on any atom is -0.480 e. The number of rotatable bonds is 5. The summed E-state index contributed by atoms with van der Waals surface area (Å²) in [5.74, 6) is -1.26. The molecule has 1 unspecified atom stereocenters. The first-order chi connectivity index (χ1) is 8.43. The van der Waals surface area contributed by atoms with Crippen molar-refractivity contribution in [3.05, 3.63) is 0 Å². The van der Waals surface area contributed by atoms with Crippen molar-refractivity contribution < 1.29 is 14.7 Å². The molecule has 0 saturated heterocycles. The molecule has 104 valence electrons. The summed E-state index contributed by atoms with van der Waals surface area (Å²) in [7, 11) is 0. The number of carbonyl (C=O) groups excluding carboxylic acids is 1. The fourth-order valence-electron chi connectivity index (χ4n) is 2.40. The molecule has 4 N–H and O–H groups in total. The van der Waals surface area contributed by atoms with Gasteiger partial charge in [-0.1, -0.05) is 33.1 Å². The highest BCUT2D eigenvalue weighted by Crippen LogP contribution is 2.26. The van der Waals surface area contributed by atoms with Gasteiger partial charge in [0, 0.05) is 0 Å². The number of carbonyl (C=O) groups is 2. The van der Waals surface area contributed by atoms with Crippen molar-refractivity contribution in [1.82, 2.24) is 5.32 Å². The van der Waals surface area contributed by atoms with Crippen LogP contribution in [-0.2, 0) is 9.59 Å². The van der Waals surface area contributed by atoms with Gasteiger partial charge >= 0.3 is 5.97 Å². The van der Waals surface area contributed by atoms with Crippen LogP contribution in [0.25, 0.3) is 0 Å². The van der Waals surface area contributed by atoms with Gasteiger partial charge in [-0.2, -0.15) is 0 Å². The van der Waals surface area contributed by atoms with Gasteiger partial charge in [-0.3, -0.25) is 4.79 Å². The maximum Gasteiger partial charge on any atom is 0.326 e. The van der Waals surface area contributed by atoms with Gasteiger partial charge < -0.3 is 16.2 Å². The van der Waals surface area contributed by atoms with Crippen LogP contribution >= 0.6 is 0 Å². The predicted octanol–water partition coefficient (Wildman–Crippen LogP) is 1.12. The van der Waals surface area contributed by atoms with E-state index in [-0.39, 0.29) is 17.7 Å². The molecule has 5 heteroatoms. The molecule has 1 aliphatic carbocycles. The molecule has 0 aromatic heterocycles. The zero-order chi connectivity index (χ0) is 13.7. The Bertz CT molecular complexity index is 299. The van der Waals surface area contributed by atoms with Gasteiger partial charge in [-0.25, -0.2) is 4.79 Å². The number of aliphatic carboxylic acids is 1. The SMILES string of the molecule is CC(C)[C@H](N)C(=O)NC(C(=O)O)C1CCCCC1. The lowest BCUT2D eigenvalue weighted by Crippen LogP contribution is -2.53. The van der Waals surface area contributed by atoms with Crippen LogP contribution in [0.1, 0.15) is 46.0 Å². The van der Waals surface area contributed by atoms with Crippen molar-refractivity contribution in [2.75, 3.05) is 0 Å². The number of carboxylic acids is 1. The van der Waals surface area contributed by atoms with Gasteiger partial charge in [0.25, 0.3) is 0 Å². The summed E-state index contributed by atoms with van der Waals surface area (Å²) >= 11 is 0. The van der Waals surface area contributed by atoms with Crippen molar-refractivity contribution in [3.63, 3.8) is 0 Å². The summed E-state index contributed by atoms with van der Waals surface area (Å²) in [5, 5.41) is 11.8. The summed E-state index contributed by atoms with van der Waals surface area (Å²) < 4.78 is 0. The van der Waals surface area contributed by atoms with Crippen molar-refractivity contribution in [3.8, 4) is 0 Å². The molecular formula is C13H24N2O3. The van der Waals surface area contributed by atoms with Gasteiger partial charge in [0.1, 0.15) is 6.04 Å². The highest BCUT2D eigenvalue weighted by Gasteiger charge is 2.32. The lowest BCUT2D eigenvalue weighted by Gasteiger charge is -2.29. The smallest absolute Gasteiger partial charge is 0.326 e. The Kier molecular flexibility index (Phi) is 5.59. The molecule has 1 saturated carbocycles. The third-order valence-corrected chi connectivity index (χ3v) is 3.71. The van der Waals surface area contributed by atoms with Crippen LogP contribution in [0.4, 0.5) is 0 Å². The Hall–Kier alpha value is -1.10. The molecule has 0 spiro atoms. The molecule has 1 fully saturated rings. The zero-order valence-electron chi connectivity index (χ0n) is 11.2. The lowest BCUT2D eigenvalue weighted by molar-refractivity contribution is -0.144. The number of amides is 1. The van der Waals surface area contributed by atoms with E-state index in [4.69, 9.17) is 5.73 Å². The second-order valence-electron chi connectivity index (χ2n) is 5.49. The van der Waals surface area contributed by atoms with E-state index in [1.54, 1.807) is 0 Å². The molecule has 0 aliphatic heterocycles. The third-order valence-electron chi connectivity index (χ3n) is 3.71. The predicted molar refractivity (Wildman–Crippen MR) is 69.0 cm³/mol. The molecule has 2 atom stereocenters. The highest BCUT2D eigenvalue weighted by molar-refractivity contribution is 5.87. The molecule has 18 heavy (non-hydrogen) atoms. The summed E-state index contributed by atoms with van der Waals surface area (Å²) in [6.07, 6.45) is 4.98. The van der Waals surface area contributed by atoms with E-state index in [1.807, 2.05) is 13.8 Å². The van der Waals surface area contributed by atoms with Crippen LogP contribution in [0, 0.1) is 11.8 Å². The normalized spacial score (nSPS) is 20.4. The van der Waals surface area contributed by atoms with E-state index in [9.17, 15) is 14.7 Å². The van der Waals surface area contributed by atoms with Gasteiger partial charge in [0.15, 0.2) is 0 Å². The second-order valence-corrected chi connectivity index (χ2v) is 5.49. The van der Waals surface area contributed by atoms with E-state index in [0.29, 0.717) is 0 Å². The van der Waals surface area contributed by atoms with E-state index >= 15 is 0 Å². The van der Waals surface area contributed by atoms with E-state index in [2.05, 4.69) is 5.32 Å². The Labute approximate surface area is 108 Å². The number of hydrogen-bond acceptors (Lipinski definition) is 3. The van der Waals surface area contributed by atoms with Gasteiger partial charge in [-0.15, -0.1) is 0 Å². The summed E-state index contributed by atoms with van der Waals surface area (Å²) in [6.45, 7) is 3.70. The minimum atomic E-state index is -0.953. The summed E-state index contributed by atoms with van der Waals surface area (Å²) in [5.41, 5.74) is 5.73. The quantitative estimate of drug-likeness (QED) is 0.687. The van der Waals surface area contributed by atoms with Crippen LogP contribution < -0.4 is 11.1 Å². The summed E-state index contributed by atoms with van der Waals surface area (Å²) in [6, 6.07) is -1.43. The minimum absolute atomic E-state index is 0.00537.